The standard InChI is InChI=1S/C19H28FN3O3.C17H26FN3O2.C16H20FN3O2.C14H20FN3O/c1-14(24)21(5)13-15-6-7-17(16(20)12-15)22-8-10-23(11-9-22)18(25)26-19(2,3)4;1-17(2,3)23-16(22)21-9-7-20(8-10-21)15-6-5-13(12-19-4)11-14(15)18;1-16(2,3)22-15(21)20-9-7-19(8-10-20)14-6-5-12(18-4)11-13(14)17;1-11(19)17(2)10-12-3-4-14(13(15)9-12)18-7-5-16-6-8-18/h6-7,12H,8-11,13H2,1-5H3;5-6,11,19H,7-10,12H2,1-4H3;5-6,11H,7-10H2,1-3H3;3-4,9,16H,5-8,10H2,1-2H3. The number of piperazine rings is 4. The van der Waals surface area contributed by atoms with Crippen molar-refractivity contribution in [2.24, 2.45) is 0 Å². The molecule has 2 N–H and O–H groups in total. The molecule has 0 unspecified atom stereocenters. The number of rotatable bonds is 10. The van der Waals surface area contributed by atoms with Crippen molar-refractivity contribution < 1.29 is 55.7 Å². The van der Waals surface area contributed by atoms with Crippen molar-refractivity contribution in [3.8, 4) is 0 Å². The van der Waals surface area contributed by atoms with E-state index in [4.69, 9.17) is 20.8 Å². The van der Waals surface area contributed by atoms with Crippen molar-refractivity contribution >= 4 is 58.5 Å². The summed E-state index contributed by atoms with van der Waals surface area (Å²) in [5.41, 5.74) is 3.45. The van der Waals surface area contributed by atoms with E-state index >= 15 is 0 Å². The van der Waals surface area contributed by atoms with Crippen LogP contribution in [0.25, 0.3) is 4.85 Å². The molecule has 0 spiro atoms. The summed E-state index contributed by atoms with van der Waals surface area (Å²) < 4.78 is 73.0. The van der Waals surface area contributed by atoms with Crippen molar-refractivity contribution in [1.82, 2.24) is 35.1 Å². The second-order valence-electron chi connectivity index (χ2n) is 25.5. The van der Waals surface area contributed by atoms with Gasteiger partial charge in [0, 0.05) is 152 Å². The number of hydrogen-bond acceptors (Lipinski definition) is 14. The van der Waals surface area contributed by atoms with Crippen molar-refractivity contribution in [3.05, 3.63) is 124 Å². The maximum Gasteiger partial charge on any atom is 0.410 e. The molecule has 494 valence electrons. The first-order valence-corrected chi connectivity index (χ1v) is 30.5. The topological polar surface area (TPSA) is 171 Å². The zero-order valence-corrected chi connectivity index (χ0v) is 55.1. The van der Waals surface area contributed by atoms with Gasteiger partial charge in [-0.15, -0.1) is 0 Å². The highest BCUT2D eigenvalue weighted by Gasteiger charge is 2.30. The van der Waals surface area contributed by atoms with Crippen LogP contribution in [0.4, 0.5) is 60.4 Å². The summed E-state index contributed by atoms with van der Waals surface area (Å²) in [6.07, 6.45) is -0.974. The minimum Gasteiger partial charge on any atom is -0.444 e. The van der Waals surface area contributed by atoms with E-state index in [1.165, 1.54) is 36.9 Å². The largest absolute Gasteiger partial charge is 0.444 e. The number of carbonyl (C=O) groups is 5. The Balaban J connectivity index is 0.000000219. The molecular formula is C66H94F4N12O8. The van der Waals surface area contributed by atoms with Gasteiger partial charge in [-0.1, -0.05) is 24.3 Å². The molecule has 8 rings (SSSR count). The molecule has 0 saturated carbocycles. The van der Waals surface area contributed by atoms with Gasteiger partial charge in [0.25, 0.3) is 0 Å². The van der Waals surface area contributed by atoms with Gasteiger partial charge >= 0.3 is 18.3 Å². The summed E-state index contributed by atoms with van der Waals surface area (Å²) in [7, 11) is 5.23. The number of nitrogens with zero attached hydrogens (tertiary/aromatic N) is 10. The Hall–Kier alpha value is -8.04. The van der Waals surface area contributed by atoms with Crippen LogP contribution in [0.5, 0.6) is 0 Å². The highest BCUT2D eigenvalue weighted by molar-refractivity contribution is 5.74. The minimum atomic E-state index is -0.525. The van der Waals surface area contributed by atoms with Gasteiger partial charge in [0.1, 0.15) is 40.1 Å². The summed E-state index contributed by atoms with van der Waals surface area (Å²) >= 11 is 0. The average molecular weight is 1260 g/mol. The molecule has 4 aliphatic heterocycles. The molecule has 0 aromatic heterocycles. The molecule has 0 bridgehead atoms. The maximum atomic E-state index is 14.5. The maximum absolute atomic E-state index is 14.5. The first-order chi connectivity index (χ1) is 42.2. The SMILES string of the molecule is CC(=O)N(C)Cc1ccc(N2CCN(C(=O)OC(C)(C)C)CC2)c(F)c1.CC(=O)N(C)Cc1ccc(N2CCNCC2)c(F)c1.CNCc1ccc(N2CCN(C(=O)OC(C)(C)C)CC2)c(F)c1.[C-]#[N+]c1ccc(N2CCN(C(=O)OC(C)(C)C)CC2)c(F)c1. The Morgan fingerprint density at radius 2 is 0.767 bits per heavy atom. The number of hydrogen-bond donors (Lipinski definition) is 2. The monoisotopic (exact) mass is 1260 g/mol. The van der Waals surface area contributed by atoms with E-state index in [2.05, 4.69) is 15.5 Å². The number of ether oxygens (including phenoxy) is 3. The van der Waals surface area contributed by atoms with Crippen LogP contribution < -0.4 is 30.2 Å². The number of carbonyl (C=O) groups excluding carboxylic acids is 5. The smallest absolute Gasteiger partial charge is 0.410 e. The van der Waals surface area contributed by atoms with Gasteiger partial charge < -0.3 is 68.9 Å². The minimum absolute atomic E-state index is 0.0217. The van der Waals surface area contributed by atoms with E-state index < -0.39 is 22.6 Å². The van der Waals surface area contributed by atoms with Crippen molar-refractivity contribution in [2.75, 3.05) is 145 Å². The number of benzene rings is 4. The Morgan fingerprint density at radius 3 is 1.04 bits per heavy atom. The van der Waals surface area contributed by atoms with E-state index in [1.54, 1.807) is 58.0 Å². The van der Waals surface area contributed by atoms with Crippen molar-refractivity contribution in [2.45, 2.75) is 113 Å². The molecule has 4 aliphatic rings. The molecule has 20 nitrogen and oxygen atoms in total. The normalized spacial score (nSPS) is 15.4. The fourth-order valence-electron chi connectivity index (χ4n) is 9.80. The molecule has 0 radical (unpaired) electrons. The highest BCUT2D eigenvalue weighted by atomic mass is 19.1. The fraction of sp³-hybridized carbons (Fsp3) is 0.545. The lowest BCUT2D eigenvalue weighted by atomic mass is 10.1. The first kappa shape index (κ1) is 72.7. The molecule has 24 heteroatoms. The third-order valence-electron chi connectivity index (χ3n) is 14.7. The van der Waals surface area contributed by atoms with Gasteiger partial charge in [0.05, 0.1) is 29.3 Å². The summed E-state index contributed by atoms with van der Waals surface area (Å²) in [6.45, 7) is 37.7. The van der Waals surface area contributed by atoms with Gasteiger partial charge in [0.15, 0.2) is 5.69 Å². The first-order valence-electron chi connectivity index (χ1n) is 30.5. The molecule has 5 amide bonds. The second kappa shape index (κ2) is 33.1. The molecule has 90 heavy (non-hydrogen) atoms. The second-order valence-corrected chi connectivity index (χ2v) is 25.5. The summed E-state index contributed by atoms with van der Waals surface area (Å²) in [5, 5.41) is 6.25. The Labute approximate surface area is 529 Å². The predicted molar refractivity (Wildman–Crippen MR) is 344 cm³/mol. The van der Waals surface area contributed by atoms with E-state index in [-0.39, 0.29) is 53.2 Å². The molecule has 0 aliphatic carbocycles. The zero-order chi connectivity index (χ0) is 66.7. The van der Waals surface area contributed by atoms with Gasteiger partial charge in [-0.3, -0.25) is 9.59 Å². The number of halogens is 4. The van der Waals surface area contributed by atoms with Crippen LogP contribution in [-0.4, -0.2) is 197 Å². The Kier molecular flexibility index (Phi) is 26.8. The molecule has 4 aromatic rings. The van der Waals surface area contributed by atoms with E-state index in [1.807, 2.05) is 119 Å². The van der Waals surface area contributed by atoms with Crippen LogP contribution in [0.1, 0.15) is 92.9 Å². The van der Waals surface area contributed by atoms with Gasteiger partial charge in [-0.25, -0.2) is 36.8 Å². The van der Waals surface area contributed by atoms with Crippen LogP contribution in [0.2, 0.25) is 0 Å². The number of nitrogens with one attached hydrogen (secondary N) is 2. The van der Waals surface area contributed by atoms with E-state index in [0.29, 0.717) is 121 Å². The lowest BCUT2D eigenvalue weighted by Crippen LogP contribution is -2.50. The average Bonchev–Trinajstić information content (AvgIpc) is 1.23. The molecular weight excluding hydrogens is 1160 g/mol. The number of anilines is 4. The summed E-state index contributed by atoms with van der Waals surface area (Å²) in [4.78, 5) is 77.7. The van der Waals surface area contributed by atoms with Gasteiger partial charge in [-0.05, 0) is 135 Å². The Bertz CT molecular complexity index is 3080. The molecule has 0 atom stereocenters. The van der Waals surface area contributed by atoms with Crippen molar-refractivity contribution in [3.63, 3.8) is 0 Å². The van der Waals surface area contributed by atoms with Gasteiger partial charge in [-0.2, -0.15) is 0 Å². The molecule has 4 saturated heterocycles. The van der Waals surface area contributed by atoms with E-state index in [9.17, 15) is 41.5 Å². The van der Waals surface area contributed by atoms with Crippen LogP contribution in [0.3, 0.4) is 0 Å². The molecule has 4 aromatic carbocycles. The molecule has 4 fully saturated rings. The third kappa shape index (κ3) is 23.4. The van der Waals surface area contributed by atoms with Crippen LogP contribution in [0, 0.1) is 29.8 Å². The quantitative estimate of drug-likeness (QED) is 0.0873. The number of amides is 5. The van der Waals surface area contributed by atoms with Crippen LogP contribution in [0.15, 0.2) is 72.8 Å². The van der Waals surface area contributed by atoms with Crippen molar-refractivity contribution in [1.29, 1.82) is 0 Å². The fourth-order valence-corrected chi connectivity index (χ4v) is 9.80. The zero-order valence-electron chi connectivity index (χ0n) is 55.1. The van der Waals surface area contributed by atoms with Crippen LogP contribution in [-0.2, 0) is 43.4 Å². The summed E-state index contributed by atoms with van der Waals surface area (Å²) in [6, 6.07) is 20.0. The third-order valence-corrected chi connectivity index (χ3v) is 14.7. The van der Waals surface area contributed by atoms with Gasteiger partial charge in [0.2, 0.25) is 11.8 Å². The molecule has 4 heterocycles. The highest BCUT2D eigenvalue weighted by Crippen LogP contribution is 2.28. The predicted octanol–water partition coefficient (Wildman–Crippen LogP) is 10.1. The summed E-state index contributed by atoms with van der Waals surface area (Å²) in [5.74, 6) is -1.23. The lowest BCUT2D eigenvalue weighted by Gasteiger charge is -2.37. The van der Waals surface area contributed by atoms with E-state index in [0.717, 1.165) is 42.9 Å². The van der Waals surface area contributed by atoms with Crippen LogP contribution >= 0.6 is 0 Å². The lowest BCUT2D eigenvalue weighted by molar-refractivity contribution is -0.128. The Morgan fingerprint density at radius 1 is 0.478 bits per heavy atom.